The zero-order valence-corrected chi connectivity index (χ0v) is 33.0. The van der Waals surface area contributed by atoms with E-state index in [4.69, 9.17) is 11.5 Å². The van der Waals surface area contributed by atoms with E-state index in [1.165, 1.54) is 43.8 Å². The van der Waals surface area contributed by atoms with Gasteiger partial charge in [0.25, 0.3) is 0 Å². The number of anilines is 3. The molecule has 5 N–H and O–H groups in total. The average Bonchev–Trinajstić information content (AvgIpc) is 3.59. The van der Waals surface area contributed by atoms with Gasteiger partial charge in [-0.1, -0.05) is 164 Å². The third-order valence-corrected chi connectivity index (χ3v) is 12.3. The summed E-state index contributed by atoms with van der Waals surface area (Å²) in [4.78, 5) is 2.44. The molecule has 0 aliphatic carbocycles. The van der Waals surface area contributed by atoms with Gasteiger partial charge in [-0.05, 0) is 87.1 Å². The van der Waals surface area contributed by atoms with Gasteiger partial charge in [0.1, 0.15) is 0 Å². The average molecular weight is 774 g/mol. The molecule has 60 heavy (non-hydrogen) atoms. The highest BCUT2D eigenvalue weighted by molar-refractivity contribution is 6.23. The monoisotopic (exact) mass is 773 g/mol. The van der Waals surface area contributed by atoms with Crippen molar-refractivity contribution >= 4 is 49.6 Å². The van der Waals surface area contributed by atoms with Gasteiger partial charge in [-0.25, -0.2) is 0 Å². The highest BCUT2D eigenvalue weighted by Crippen LogP contribution is 2.53. The van der Waals surface area contributed by atoms with Gasteiger partial charge in [0.05, 0.1) is 34.6 Å². The third kappa shape index (κ3) is 5.99. The number of rotatable bonds is 8. The molecule has 0 saturated heterocycles. The van der Waals surface area contributed by atoms with Crippen molar-refractivity contribution in [2.45, 2.75) is 18.2 Å². The smallest absolute Gasteiger partial charge is 0.0815 e. The molecule has 1 aromatic heterocycles. The van der Waals surface area contributed by atoms with Gasteiger partial charge < -0.3 is 20.9 Å². The molecule has 288 valence electrons. The zero-order valence-electron chi connectivity index (χ0n) is 33.0. The maximum atomic E-state index is 7.21. The van der Waals surface area contributed by atoms with Crippen LogP contribution in [0.1, 0.15) is 34.9 Å². The van der Waals surface area contributed by atoms with Crippen LogP contribution < -0.4 is 21.7 Å². The molecule has 9 aromatic carbocycles. The highest BCUT2D eigenvalue weighted by atomic mass is 15.2. The molecular formula is C55H43N5. The number of fused-ring (bicyclic) bond motifs is 10. The van der Waals surface area contributed by atoms with Gasteiger partial charge >= 0.3 is 0 Å². The molecule has 0 amide bonds. The summed E-state index contributed by atoms with van der Waals surface area (Å²) in [6, 6.07) is 75.2. The molecule has 5 heteroatoms. The van der Waals surface area contributed by atoms with Crippen LogP contribution in [0.15, 0.2) is 212 Å². The number of benzene rings is 9. The topological polar surface area (TPSA) is 72.2 Å². The molecule has 1 aliphatic heterocycles. The number of para-hydroxylation sites is 2. The Hall–Kier alpha value is -7.28. The van der Waals surface area contributed by atoms with Crippen molar-refractivity contribution in [3.8, 4) is 27.9 Å². The van der Waals surface area contributed by atoms with Crippen LogP contribution in [0.3, 0.4) is 0 Å². The molecule has 0 fully saturated rings. The molecule has 2 unspecified atom stereocenters. The minimum atomic E-state index is -0.389. The van der Waals surface area contributed by atoms with E-state index in [-0.39, 0.29) is 18.2 Å². The number of nitrogens with two attached hydrogens (primary N) is 2. The summed E-state index contributed by atoms with van der Waals surface area (Å²) in [6.45, 7) is 0. The van der Waals surface area contributed by atoms with E-state index >= 15 is 0 Å². The van der Waals surface area contributed by atoms with Crippen molar-refractivity contribution in [2.24, 2.45) is 11.5 Å². The molecule has 1 aliphatic rings. The molecule has 0 saturated carbocycles. The maximum absolute atomic E-state index is 7.21. The predicted octanol–water partition coefficient (Wildman–Crippen LogP) is 13.0. The quantitative estimate of drug-likeness (QED) is 0.134. The van der Waals surface area contributed by atoms with Crippen LogP contribution >= 0.6 is 0 Å². The lowest BCUT2D eigenvalue weighted by atomic mass is 9.93. The van der Waals surface area contributed by atoms with E-state index in [0.717, 1.165) is 50.5 Å². The minimum Gasteiger partial charge on any atom is -0.322 e. The first-order chi connectivity index (χ1) is 29.6. The SMILES string of the molecule is NC(NC(c1ccccc1)[C@@H](N)c1ccc(-n2c3cc4c(cc3c3c5ccccc5ccc32)N(c2ccccc2)c2ccccc2-c2ccccc2-4)cc1)c1ccccc1. The lowest BCUT2D eigenvalue weighted by Gasteiger charge is -2.29. The number of nitrogens with zero attached hydrogens (tertiary/aromatic N) is 2. The van der Waals surface area contributed by atoms with Crippen molar-refractivity contribution < 1.29 is 0 Å². The van der Waals surface area contributed by atoms with E-state index < -0.39 is 0 Å². The Balaban J connectivity index is 1.11. The molecule has 2 heterocycles. The van der Waals surface area contributed by atoms with Gasteiger partial charge in [-0.15, -0.1) is 0 Å². The molecule has 0 spiro atoms. The number of aromatic nitrogens is 1. The van der Waals surface area contributed by atoms with Crippen LogP contribution in [0, 0.1) is 0 Å². The highest BCUT2D eigenvalue weighted by Gasteiger charge is 2.29. The summed E-state index contributed by atoms with van der Waals surface area (Å²) in [5.41, 5.74) is 28.7. The molecule has 10 aromatic rings. The second kappa shape index (κ2) is 14.8. The predicted molar refractivity (Wildman–Crippen MR) is 250 cm³/mol. The third-order valence-electron chi connectivity index (χ3n) is 12.3. The largest absolute Gasteiger partial charge is 0.322 e. The summed E-state index contributed by atoms with van der Waals surface area (Å²) in [6.07, 6.45) is -0.389. The standard InChI is InChI=1S/C55H43N5/c56-53(54(38-17-4-1-5-18-38)58-55(57)39-19-6-2-7-20-39)37-28-31-41(32-29-37)60-49-33-30-36-16-10-11-23-42(36)52(49)47-35-50-46(34-51(47)60)44-25-13-12-24-43(44)45-26-14-15-27-48(45)59(50)40-21-8-3-9-22-40/h1-35,53-55,58H,56-57H2/t53-,54?,55?/m0/s1. The number of nitrogens with one attached hydrogen (secondary N) is 1. The molecule has 5 nitrogen and oxygen atoms in total. The van der Waals surface area contributed by atoms with Crippen molar-refractivity contribution in [3.05, 3.63) is 229 Å². The fourth-order valence-electron chi connectivity index (χ4n) is 9.39. The molecule has 0 radical (unpaired) electrons. The van der Waals surface area contributed by atoms with Crippen LogP contribution in [0.2, 0.25) is 0 Å². The van der Waals surface area contributed by atoms with Gasteiger partial charge in [0, 0.05) is 39.3 Å². The Labute approximate surface area is 349 Å². The Bertz CT molecular complexity index is 3160. The summed E-state index contributed by atoms with van der Waals surface area (Å²) >= 11 is 0. The Morgan fingerprint density at radius 3 is 1.73 bits per heavy atom. The lowest BCUT2D eigenvalue weighted by Crippen LogP contribution is -2.38. The van der Waals surface area contributed by atoms with Gasteiger partial charge in [0.15, 0.2) is 0 Å². The van der Waals surface area contributed by atoms with Crippen LogP contribution in [0.5, 0.6) is 0 Å². The number of hydrogen-bond donors (Lipinski definition) is 3. The number of hydrogen-bond acceptors (Lipinski definition) is 4. The van der Waals surface area contributed by atoms with Crippen LogP contribution in [0.25, 0.3) is 60.5 Å². The molecule has 3 atom stereocenters. The summed E-state index contributed by atoms with van der Waals surface area (Å²) < 4.78 is 2.43. The van der Waals surface area contributed by atoms with Gasteiger partial charge in [-0.3, -0.25) is 5.32 Å². The van der Waals surface area contributed by atoms with Crippen molar-refractivity contribution in [1.29, 1.82) is 0 Å². The molecule has 0 bridgehead atoms. The summed E-state index contributed by atoms with van der Waals surface area (Å²) in [5, 5.41) is 8.53. The Morgan fingerprint density at radius 2 is 1.00 bits per heavy atom. The normalized spacial score (nSPS) is 13.7. The van der Waals surface area contributed by atoms with E-state index in [1.807, 2.05) is 36.4 Å². The van der Waals surface area contributed by atoms with E-state index in [0.29, 0.717) is 0 Å². The molecule has 11 rings (SSSR count). The van der Waals surface area contributed by atoms with Crippen molar-refractivity contribution in [1.82, 2.24) is 9.88 Å². The minimum absolute atomic E-state index is 0.223. The van der Waals surface area contributed by atoms with E-state index in [2.05, 4.69) is 191 Å². The zero-order chi connectivity index (χ0) is 40.2. The fraction of sp³-hybridized carbons (Fsp3) is 0.0545. The first kappa shape index (κ1) is 35.8. The first-order valence-corrected chi connectivity index (χ1v) is 20.6. The summed E-state index contributed by atoms with van der Waals surface area (Å²) in [5.74, 6) is 0. The second-order valence-corrected chi connectivity index (χ2v) is 15.7. The Kier molecular flexibility index (Phi) is 8.86. The van der Waals surface area contributed by atoms with E-state index in [9.17, 15) is 0 Å². The summed E-state index contributed by atoms with van der Waals surface area (Å²) in [7, 11) is 0. The lowest BCUT2D eigenvalue weighted by molar-refractivity contribution is 0.398. The second-order valence-electron chi connectivity index (χ2n) is 15.7. The van der Waals surface area contributed by atoms with Gasteiger partial charge in [-0.2, -0.15) is 0 Å². The maximum Gasteiger partial charge on any atom is 0.0815 e. The van der Waals surface area contributed by atoms with Gasteiger partial charge in [0.2, 0.25) is 0 Å². The van der Waals surface area contributed by atoms with Crippen molar-refractivity contribution in [2.75, 3.05) is 4.90 Å². The van der Waals surface area contributed by atoms with E-state index in [1.54, 1.807) is 0 Å². The fourth-order valence-corrected chi connectivity index (χ4v) is 9.39. The first-order valence-electron chi connectivity index (χ1n) is 20.6. The van der Waals surface area contributed by atoms with Crippen LogP contribution in [-0.2, 0) is 0 Å². The van der Waals surface area contributed by atoms with Crippen molar-refractivity contribution in [3.63, 3.8) is 0 Å². The van der Waals surface area contributed by atoms with Crippen LogP contribution in [0.4, 0.5) is 17.1 Å². The molecular weight excluding hydrogens is 731 g/mol. The Morgan fingerprint density at radius 1 is 0.400 bits per heavy atom. The van der Waals surface area contributed by atoms with Crippen LogP contribution in [-0.4, -0.2) is 4.57 Å².